The van der Waals surface area contributed by atoms with Crippen LogP contribution in [0.25, 0.3) is 5.57 Å². The van der Waals surface area contributed by atoms with E-state index in [0.29, 0.717) is 19.8 Å². The highest BCUT2D eigenvalue weighted by Gasteiger charge is 2.20. The van der Waals surface area contributed by atoms with Gasteiger partial charge in [0.25, 0.3) is 0 Å². The Bertz CT molecular complexity index is 765. The van der Waals surface area contributed by atoms with E-state index in [2.05, 4.69) is 37.5 Å². The van der Waals surface area contributed by atoms with Crippen molar-refractivity contribution in [1.29, 1.82) is 0 Å². The molecule has 0 aromatic carbocycles. The van der Waals surface area contributed by atoms with Gasteiger partial charge in [0.15, 0.2) is 6.29 Å². The van der Waals surface area contributed by atoms with Crippen molar-refractivity contribution in [2.24, 2.45) is 0 Å². The van der Waals surface area contributed by atoms with Crippen molar-refractivity contribution >= 4 is 11.6 Å². The number of H-pyrrole nitrogens is 1. The molecule has 4 rings (SSSR count). The number of carbonyl (C=O) groups is 1. The standard InChI is InChI=1S/C19H26N6O3/c26-19(20-6-2-1-3-18-27-7-8-28-18)25-17-5-4-15-16(24-17)9-13(10-21-15)14-11-22-23-12-14/h4-5,9,11-12,17-18,21,24H,1-3,6-8,10H2,(H,22,23)(H2,20,25,26). The number of rotatable bonds is 7. The fourth-order valence-corrected chi connectivity index (χ4v) is 3.37. The van der Waals surface area contributed by atoms with Crippen LogP contribution in [0.5, 0.6) is 0 Å². The summed E-state index contributed by atoms with van der Waals surface area (Å²) in [5.74, 6) is 0. The van der Waals surface area contributed by atoms with Crippen molar-refractivity contribution in [3.8, 4) is 0 Å². The number of hydrogen-bond donors (Lipinski definition) is 5. The van der Waals surface area contributed by atoms with Gasteiger partial charge in [-0.2, -0.15) is 5.10 Å². The van der Waals surface area contributed by atoms with Crippen LogP contribution >= 0.6 is 0 Å². The van der Waals surface area contributed by atoms with Crippen molar-refractivity contribution in [2.45, 2.75) is 31.7 Å². The molecule has 0 aliphatic carbocycles. The molecule has 3 aliphatic rings. The SMILES string of the molecule is O=C(NCCCCC1OCCO1)NC1C=CC2=C(C=C(c3cn[nH]c3)CN2)N1. The Labute approximate surface area is 163 Å². The van der Waals surface area contributed by atoms with E-state index in [9.17, 15) is 4.79 Å². The van der Waals surface area contributed by atoms with Gasteiger partial charge < -0.3 is 30.7 Å². The van der Waals surface area contributed by atoms with Crippen molar-refractivity contribution in [3.05, 3.63) is 47.6 Å². The number of nitrogens with zero attached hydrogens (tertiary/aromatic N) is 1. The number of allylic oxidation sites excluding steroid dienone is 2. The van der Waals surface area contributed by atoms with Crippen LogP contribution in [-0.2, 0) is 9.47 Å². The first-order valence-corrected chi connectivity index (χ1v) is 9.68. The third kappa shape index (κ3) is 4.73. The fraction of sp³-hybridized carbons (Fsp3) is 0.474. The number of ether oxygens (including phenoxy) is 2. The molecule has 0 spiro atoms. The second-order valence-corrected chi connectivity index (χ2v) is 6.89. The maximum atomic E-state index is 12.1. The molecule has 1 aromatic heterocycles. The molecular formula is C19H26N6O3. The minimum absolute atomic E-state index is 0.0722. The number of aromatic nitrogens is 2. The van der Waals surface area contributed by atoms with Crippen LogP contribution in [0.15, 0.2) is 42.0 Å². The summed E-state index contributed by atoms with van der Waals surface area (Å²) in [6.07, 6.45) is 12.0. The van der Waals surface area contributed by atoms with Crippen LogP contribution < -0.4 is 21.3 Å². The molecule has 1 atom stereocenters. The summed E-state index contributed by atoms with van der Waals surface area (Å²) in [6, 6.07) is -0.192. The molecular weight excluding hydrogens is 360 g/mol. The molecule has 3 aliphatic heterocycles. The van der Waals surface area contributed by atoms with Crippen molar-refractivity contribution in [1.82, 2.24) is 31.5 Å². The van der Waals surface area contributed by atoms with E-state index >= 15 is 0 Å². The van der Waals surface area contributed by atoms with Gasteiger partial charge in [-0.1, -0.05) is 0 Å². The zero-order valence-corrected chi connectivity index (χ0v) is 15.7. The van der Waals surface area contributed by atoms with Crippen LogP contribution in [0.2, 0.25) is 0 Å². The smallest absolute Gasteiger partial charge is 0.316 e. The monoisotopic (exact) mass is 386 g/mol. The Morgan fingerprint density at radius 1 is 1.25 bits per heavy atom. The van der Waals surface area contributed by atoms with Gasteiger partial charge >= 0.3 is 6.03 Å². The number of aromatic amines is 1. The number of unbranched alkanes of at least 4 members (excludes halogenated alkanes) is 1. The van der Waals surface area contributed by atoms with Crippen LogP contribution in [0.1, 0.15) is 24.8 Å². The average Bonchev–Trinajstić information content (AvgIpc) is 3.41. The van der Waals surface area contributed by atoms with Gasteiger partial charge in [-0.05, 0) is 43.1 Å². The second-order valence-electron chi connectivity index (χ2n) is 6.89. The Morgan fingerprint density at radius 3 is 2.96 bits per heavy atom. The lowest BCUT2D eigenvalue weighted by Crippen LogP contribution is -2.50. The molecule has 0 bridgehead atoms. The first kappa shape index (κ1) is 18.6. The van der Waals surface area contributed by atoms with E-state index in [4.69, 9.17) is 9.47 Å². The lowest BCUT2D eigenvalue weighted by molar-refractivity contribution is -0.0478. The van der Waals surface area contributed by atoms with Gasteiger partial charge in [-0.15, -0.1) is 0 Å². The molecule has 28 heavy (non-hydrogen) atoms. The van der Waals surface area contributed by atoms with Gasteiger partial charge in [-0.25, -0.2) is 4.79 Å². The van der Waals surface area contributed by atoms with Crippen LogP contribution in [0.3, 0.4) is 0 Å². The Kier molecular flexibility index (Phi) is 5.93. The normalized spacial score (nSPS) is 21.6. The van der Waals surface area contributed by atoms with E-state index in [0.717, 1.165) is 48.3 Å². The summed E-state index contributed by atoms with van der Waals surface area (Å²) in [4.78, 5) is 12.1. The minimum atomic E-state index is -0.263. The highest BCUT2D eigenvalue weighted by molar-refractivity contribution is 5.75. The van der Waals surface area contributed by atoms with Crippen molar-refractivity contribution < 1.29 is 14.3 Å². The summed E-state index contributed by atoms with van der Waals surface area (Å²) in [5.41, 5.74) is 4.15. The molecule has 0 radical (unpaired) electrons. The number of urea groups is 1. The zero-order valence-electron chi connectivity index (χ0n) is 15.7. The van der Waals surface area contributed by atoms with E-state index in [-0.39, 0.29) is 18.5 Å². The maximum absolute atomic E-state index is 12.1. The highest BCUT2D eigenvalue weighted by atomic mass is 16.7. The van der Waals surface area contributed by atoms with E-state index in [1.54, 1.807) is 6.20 Å². The number of nitrogens with one attached hydrogen (secondary N) is 5. The van der Waals surface area contributed by atoms with E-state index in [1.165, 1.54) is 0 Å². The molecule has 5 N–H and O–H groups in total. The van der Waals surface area contributed by atoms with Crippen LogP contribution in [-0.4, -0.2) is 55.0 Å². The van der Waals surface area contributed by atoms with Gasteiger partial charge in [-0.3, -0.25) is 5.10 Å². The Balaban J connectivity index is 1.19. The Hall–Kier alpha value is -2.78. The van der Waals surface area contributed by atoms with Gasteiger partial charge in [0.05, 0.1) is 30.8 Å². The summed E-state index contributed by atoms with van der Waals surface area (Å²) in [5, 5.41) is 19.4. The first-order valence-electron chi connectivity index (χ1n) is 9.68. The number of dihydropyridines is 2. The molecule has 1 unspecified atom stereocenters. The lowest BCUT2D eigenvalue weighted by atomic mass is 10.0. The number of hydrogen-bond acceptors (Lipinski definition) is 6. The lowest BCUT2D eigenvalue weighted by Gasteiger charge is -2.28. The topological polar surface area (TPSA) is 112 Å². The van der Waals surface area contributed by atoms with Gasteiger partial charge in [0.2, 0.25) is 0 Å². The van der Waals surface area contributed by atoms with E-state index in [1.807, 2.05) is 18.3 Å². The highest BCUT2D eigenvalue weighted by Crippen LogP contribution is 2.22. The number of carbonyl (C=O) groups excluding carboxylic acids is 1. The first-order chi connectivity index (χ1) is 13.8. The van der Waals surface area contributed by atoms with Gasteiger partial charge in [0.1, 0.15) is 6.17 Å². The molecule has 150 valence electrons. The van der Waals surface area contributed by atoms with Crippen molar-refractivity contribution in [3.63, 3.8) is 0 Å². The average molecular weight is 386 g/mol. The molecule has 1 aromatic rings. The van der Waals surface area contributed by atoms with Gasteiger partial charge in [0, 0.05) is 24.8 Å². The van der Waals surface area contributed by atoms with Crippen LogP contribution in [0.4, 0.5) is 4.79 Å². The molecule has 4 heterocycles. The summed E-state index contributed by atoms with van der Waals surface area (Å²) in [6.45, 7) is 2.72. The second kappa shape index (κ2) is 8.94. The quantitative estimate of drug-likeness (QED) is 0.446. The third-order valence-electron chi connectivity index (χ3n) is 4.84. The molecule has 0 saturated carbocycles. The minimum Gasteiger partial charge on any atom is -0.379 e. The summed E-state index contributed by atoms with van der Waals surface area (Å²) in [7, 11) is 0. The Morgan fingerprint density at radius 2 is 2.14 bits per heavy atom. The van der Waals surface area contributed by atoms with Crippen molar-refractivity contribution in [2.75, 3.05) is 26.3 Å². The zero-order chi connectivity index (χ0) is 19.2. The third-order valence-corrected chi connectivity index (χ3v) is 4.84. The molecule has 2 amide bonds. The summed E-state index contributed by atoms with van der Waals surface area (Å²) < 4.78 is 10.8. The van der Waals surface area contributed by atoms with Crippen LogP contribution in [0, 0.1) is 0 Å². The maximum Gasteiger partial charge on any atom is 0.316 e. The summed E-state index contributed by atoms with van der Waals surface area (Å²) >= 11 is 0. The number of amides is 2. The fourth-order valence-electron chi connectivity index (χ4n) is 3.37. The van der Waals surface area contributed by atoms with E-state index < -0.39 is 0 Å². The molecule has 9 heteroatoms. The predicted octanol–water partition coefficient (Wildman–Crippen LogP) is 0.936. The molecule has 1 saturated heterocycles. The molecule has 1 fully saturated rings. The predicted molar refractivity (Wildman–Crippen MR) is 104 cm³/mol. The largest absolute Gasteiger partial charge is 0.379 e. The molecule has 9 nitrogen and oxygen atoms in total.